The molecule has 4 rings (SSSR count). The Hall–Kier alpha value is -2.71. The second-order valence-corrected chi connectivity index (χ2v) is 8.48. The van der Waals surface area contributed by atoms with Crippen molar-refractivity contribution in [2.45, 2.75) is 32.4 Å². The smallest absolute Gasteiger partial charge is 0.315 e. The van der Waals surface area contributed by atoms with Crippen LogP contribution in [0.5, 0.6) is 10.9 Å². The summed E-state index contributed by atoms with van der Waals surface area (Å²) >= 11 is 1.49. The molecule has 0 saturated carbocycles. The molecule has 8 heteroatoms. The summed E-state index contributed by atoms with van der Waals surface area (Å²) in [5.41, 5.74) is 7.43. The van der Waals surface area contributed by atoms with E-state index in [0.717, 1.165) is 30.0 Å². The van der Waals surface area contributed by atoms with Crippen molar-refractivity contribution in [3.63, 3.8) is 0 Å². The second kappa shape index (κ2) is 8.34. The zero-order valence-electron chi connectivity index (χ0n) is 16.6. The highest BCUT2D eigenvalue weighted by molar-refractivity contribution is 7.20. The maximum absolute atomic E-state index is 11.5. The Labute approximate surface area is 174 Å². The number of benzene rings is 1. The molecule has 0 spiro atoms. The highest BCUT2D eigenvalue weighted by Crippen LogP contribution is 2.30. The second-order valence-electron chi connectivity index (χ2n) is 7.48. The van der Waals surface area contributed by atoms with Crippen molar-refractivity contribution >= 4 is 27.7 Å². The van der Waals surface area contributed by atoms with E-state index in [4.69, 9.17) is 10.5 Å². The number of carbonyl (C=O) groups is 1. The number of amides is 2. The van der Waals surface area contributed by atoms with Crippen LogP contribution in [0.15, 0.2) is 42.6 Å². The Morgan fingerprint density at radius 2 is 2.00 bits per heavy atom. The first kappa shape index (κ1) is 19.6. The number of nitrogens with two attached hydrogens (primary N) is 1. The van der Waals surface area contributed by atoms with Gasteiger partial charge in [0.05, 0.1) is 4.70 Å². The summed E-state index contributed by atoms with van der Waals surface area (Å²) < 4.78 is 6.90. The summed E-state index contributed by atoms with van der Waals surface area (Å²) in [6.45, 7) is 6.66. The van der Waals surface area contributed by atoms with E-state index in [0.29, 0.717) is 23.4 Å². The third-order valence-corrected chi connectivity index (χ3v) is 6.25. The molecule has 152 valence electrons. The van der Waals surface area contributed by atoms with Crippen molar-refractivity contribution in [1.82, 2.24) is 19.8 Å². The normalized spacial score (nSPS) is 20.1. The van der Waals surface area contributed by atoms with Crippen LogP contribution in [0.2, 0.25) is 0 Å². The largest absolute Gasteiger partial charge is 0.431 e. The summed E-state index contributed by atoms with van der Waals surface area (Å²) in [5, 5.41) is 0.599. The van der Waals surface area contributed by atoms with Gasteiger partial charge in [-0.3, -0.25) is 4.90 Å². The molecule has 3 heterocycles. The van der Waals surface area contributed by atoms with Crippen LogP contribution in [-0.4, -0.2) is 57.5 Å². The van der Waals surface area contributed by atoms with E-state index in [2.05, 4.69) is 33.9 Å². The fraction of sp³-hybridized carbons (Fsp3) is 0.381. The number of aromatic nitrogens is 2. The standard InChI is InChI=1S/C21H25N5O2S/c1-14-13-26(20(22)27)15(2)12-25(14)11-9-16-5-7-17(8-6-16)28-21-24-19-18(29-21)4-3-10-23-19/h3-8,10,14-15H,9,11-13H2,1-2H3,(H2,22,27)/t14-,15-/m1/s1. The van der Waals surface area contributed by atoms with Gasteiger partial charge in [-0.05, 0) is 50.1 Å². The number of rotatable bonds is 5. The molecule has 1 aliphatic rings. The van der Waals surface area contributed by atoms with Crippen molar-refractivity contribution in [3.05, 3.63) is 48.2 Å². The van der Waals surface area contributed by atoms with Gasteiger partial charge < -0.3 is 15.4 Å². The minimum absolute atomic E-state index is 0.141. The molecule has 2 atom stereocenters. The number of urea groups is 1. The first-order chi connectivity index (χ1) is 14.0. The molecule has 2 aromatic heterocycles. The summed E-state index contributed by atoms with van der Waals surface area (Å²) in [4.78, 5) is 24.3. The molecule has 0 aliphatic carbocycles. The van der Waals surface area contributed by atoms with Gasteiger partial charge >= 0.3 is 6.03 Å². The molecular weight excluding hydrogens is 386 g/mol. The molecule has 1 aromatic carbocycles. The minimum Gasteiger partial charge on any atom is -0.431 e. The molecule has 1 fully saturated rings. The predicted octanol–water partition coefficient (Wildman–Crippen LogP) is 3.50. The molecule has 2 N–H and O–H groups in total. The Morgan fingerprint density at radius 1 is 1.21 bits per heavy atom. The lowest BCUT2D eigenvalue weighted by atomic mass is 10.1. The first-order valence-electron chi connectivity index (χ1n) is 9.78. The molecule has 7 nitrogen and oxygen atoms in total. The van der Waals surface area contributed by atoms with Crippen molar-refractivity contribution in [3.8, 4) is 10.9 Å². The third kappa shape index (κ3) is 4.49. The molecule has 0 radical (unpaired) electrons. The third-order valence-electron chi connectivity index (χ3n) is 5.36. The molecule has 1 saturated heterocycles. The van der Waals surface area contributed by atoms with E-state index in [1.54, 1.807) is 11.1 Å². The summed E-state index contributed by atoms with van der Waals surface area (Å²) in [6.07, 6.45) is 2.68. The number of fused-ring (bicyclic) bond motifs is 1. The van der Waals surface area contributed by atoms with Crippen LogP contribution in [0.25, 0.3) is 10.3 Å². The van der Waals surface area contributed by atoms with Crippen LogP contribution in [-0.2, 0) is 6.42 Å². The lowest BCUT2D eigenvalue weighted by Gasteiger charge is -2.43. The van der Waals surface area contributed by atoms with Gasteiger partial charge in [-0.25, -0.2) is 9.78 Å². The number of piperazine rings is 1. The Kier molecular flexibility index (Phi) is 5.64. The monoisotopic (exact) mass is 411 g/mol. The van der Waals surface area contributed by atoms with Crippen LogP contribution >= 0.6 is 11.3 Å². The molecule has 0 unspecified atom stereocenters. The highest BCUT2D eigenvalue weighted by atomic mass is 32.1. The van der Waals surface area contributed by atoms with Gasteiger partial charge in [0.2, 0.25) is 0 Å². The van der Waals surface area contributed by atoms with E-state index in [1.165, 1.54) is 16.9 Å². The van der Waals surface area contributed by atoms with E-state index < -0.39 is 0 Å². The topological polar surface area (TPSA) is 84.6 Å². The number of ether oxygens (including phenoxy) is 1. The summed E-state index contributed by atoms with van der Waals surface area (Å²) in [6, 6.07) is 12.1. The number of pyridine rings is 1. The molecular formula is C21H25N5O2S. The maximum atomic E-state index is 11.5. The number of hydrogen-bond donors (Lipinski definition) is 1. The zero-order chi connectivity index (χ0) is 20.4. The van der Waals surface area contributed by atoms with Gasteiger partial charge in [0.15, 0.2) is 5.65 Å². The number of carbonyl (C=O) groups excluding carboxylic acids is 1. The van der Waals surface area contributed by atoms with Crippen LogP contribution in [0, 0.1) is 0 Å². The molecule has 3 aromatic rings. The zero-order valence-corrected chi connectivity index (χ0v) is 17.4. The average molecular weight is 412 g/mol. The van der Waals surface area contributed by atoms with Crippen molar-refractivity contribution in [2.75, 3.05) is 19.6 Å². The van der Waals surface area contributed by atoms with Crippen LogP contribution in [0.3, 0.4) is 0 Å². The van der Waals surface area contributed by atoms with Gasteiger partial charge in [-0.1, -0.05) is 23.5 Å². The van der Waals surface area contributed by atoms with Crippen molar-refractivity contribution in [1.29, 1.82) is 0 Å². The number of primary amides is 1. The number of hydrogen-bond acceptors (Lipinski definition) is 6. The fourth-order valence-electron chi connectivity index (χ4n) is 3.71. The molecule has 29 heavy (non-hydrogen) atoms. The SMILES string of the molecule is C[C@@H]1CN(C(N)=O)[C@H](C)CN1CCc1ccc(Oc2nc3ncccc3s2)cc1. The Balaban J connectivity index is 1.33. The summed E-state index contributed by atoms with van der Waals surface area (Å²) in [7, 11) is 0. The van der Waals surface area contributed by atoms with Gasteiger partial charge in [0, 0.05) is 37.9 Å². The molecule has 0 bridgehead atoms. The van der Waals surface area contributed by atoms with Gasteiger partial charge in [0.25, 0.3) is 5.19 Å². The fourth-order valence-corrected chi connectivity index (χ4v) is 4.50. The van der Waals surface area contributed by atoms with Crippen LogP contribution in [0.1, 0.15) is 19.4 Å². The Bertz CT molecular complexity index is 957. The summed E-state index contributed by atoms with van der Waals surface area (Å²) in [5.74, 6) is 0.768. The van der Waals surface area contributed by atoms with Gasteiger partial charge in [0.1, 0.15) is 5.75 Å². The highest BCUT2D eigenvalue weighted by Gasteiger charge is 2.30. The minimum atomic E-state index is -0.330. The van der Waals surface area contributed by atoms with Crippen molar-refractivity contribution in [2.24, 2.45) is 5.73 Å². The van der Waals surface area contributed by atoms with Crippen LogP contribution in [0.4, 0.5) is 4.79 Å². The lowest BCUT2D eigenvalue weighted by Crippen LogP contribution is -2.59. The number of thiazole rings is 1. The molecule has 2 amide bonds. The lowest BCUT2D eigenvalue weighted by molar-refractivity contribution is 0.0673. The van der Waals surface area contributed by atoms with E-state index >= 15 is 0 Å². The van der Waals surface area contributed by atoms with E-state index in [-0.39, 0.29) is 12.1 Å². The van der Waals surface area contributed by atoms with Gasteiger partial charge in [-0.15, -0.1) is 0 Å². The Morgan fingerprint density at radius 3 is 2.72 bits per heavy atom. The van der Waals surface area contributed by atoms with E-state index in [1.807, 2.05) is 31.2 Å². The predicted molar refractivity (Wildman–Crippen MR) is 114 cm³/mol. The maximum Gasteiger partial charge on any atom is 0.315 e. The van der Waals surface area contributed by atoms with E-state index in [9.17, 15) is 4.79 Å². The number of nitrogens with zero attached hydrogens (tertiary/aromatic N) is 4. The van der Waals surface area contributed by atoms with Crippen molar-refractivity contribution < 1.29 is 9.53 Å². The van der Waals surface area contributed by atoms with Crippen LogP contribution < -0.4 is 10.5 Å². The quantitative estimate of drug-likeness (QED) is 0.695. The molecule has 1 aliphatic heterocycles. The average Bonchev–Trinajstić information content (AvgIpc) is 3.11. The first-order valence-corrected chi connectivity index (χ1v) is 10.6. The van der Waals surface area contributed by atoms with Gasteiger partial charge in [-0.2, -0.15) is 4.98 Å².